The third-order valence-electron chi connectivity index (χ3n) is 5.14. The summed E-state index contributed by atoms with van der Waals surface area (Å²) in [4.78, 5) is 61.8. The van der Waals surface area contributed by atoms with Gasteiger partial charge in [0.15, 0.2) is 0 Å². The number of rotatable bonds is 10. The Morgan fingerprint density at radius 1 is 1.09 bits per heavy atom. The molecule has 4 atom stereocenters. The van der Waals surface area contributed by atoms with E-state index in [1.54, 1.807) is 30.3 Å². The quantitative estimate of drug-likeness (QED) is 0.305. The first kappa shape index (κ1) is 24.8. The minimum Gasteiger partial charge on any atom is -0.481 e. The molecule has 2 rings (SSSR count). The van der Waals surface area contributed by atoms with Crippen LogP contribution in [-0.4, -0.2) is 75.5 Å². The summed E-state index contributed by atoms with van der Waals surface area (Å²) >= 11 is 0. The first-order chi connectivity index (χ1) is 15.1. The molecule has 1 heterocycles. The van der Waals surface area contributed by atoms with Crippen molar-refractivity contribution < 1.29 is 34.2 Å². The summed E-state index contributed by atoms with van der Waals surface area (Å²) in [6.45, 7) is 1.57. The zero-order valence-electron chi connectivity index (χ0n) is 17.7. The van der Waals surface area contributed by atoms with E-state index in [1.807, 2.05) is 0 Å². The second kappa shape index (κ2) is 11.2. The lowest BCUT2D eigenvalue weighted by Gasteiger charge is -2.29. The molecule has 0 radical (unpaired) electrons. The minimum atomic E-state index is -1.39. The number of amides is 3. The molecule has 0 aliphatic carbocycles. The van der Waals surface area contributed by atoms with Crippen LogP contribution in [0.15, 0.2) is 30.3 Å². The number of nitrogens with one attached hydrogen (secondary N) is 2. The van der Waals surface area contributed by atoms with Crippen LogP contribution >= 0.6 is 0 Å². The van der Waals surface area contributed by atoms with Crippen LogP contribution in [0.4, 0.5) is 0 Å². The van der Waals surface area contributed by atoms with E-state index in [-0.39, 0.29) is 19.4 Å². The molecule has 3 amide bonds. The van der Waals surface area contributed by atoms with E-state index >= 15 is 0 Å². The second-order valence-corrected chi connectivity index (χ2v) is 7.73. The average molecular weight is 448 g/mol. The molecule has 1 aromatic rings. The van der Waals surface area contributed by atoms with Gasteiger partial charge in [-0.25, -0.2) is 4.79 Å². The number of nitrogens with two attached hydrogens (primary N) is 1. The second-order valence-electron chi connectivity index (χ2n) is 7.73. The predicted molar refractivity (Wildman–Crippen MR) is 112 cm³/mol. The number of hydrogen-bond donors (Lipinski definition) is 5. The Bertz CT molecular complexity index is 859. The maximum absolute atomic E-state index is 13.0. The first-order valence-corrected chi connectivity index (χ1v) is 10.3. The standard InChI is InChI=1S/C21H28N4O7/c1-12(22)18(28)23-14(11-17(26)27)20(30)25-9-5-8-16(25)19(29)24-15(21(31)32)10-13-6-3-2-4-7-13/h2-4,6-7,12,14-16H,5,8-11,22H2,1H3,(H,23,28)(H,24,29)(H,26,27)(H,31,32). The minimum absolute atomic E-state index is 0.0642. The van der Waals surface area contributed by atoms with Crippen LogP contribution in [0.5, 0.6) is 0 Å². The van der Waals surface area contributed by atoms with Crippen LogP contribution in [0, 0.1) is 0 Å². The number of hydrogen-bond acceptors (Lipinski definition) is 6. The van der Waals surface area contributed by atoms with Crippen molar-refractivity contribution in [3.8, 4) is 0 Å². The van der Waals surface area contributed by atoms with Crippen LogP contribution in [0.2, 0.25) is 0 Å². The van der Waals surface area contributed by atoms with E-state index in [0.717, 1.165) is 5.56 Å². The highest BCUT2D eigenvalue weighted by Gasteiger charge is 2.39. The Labute approximate surface area is 184 Å². The zero-order valence-corrected chi connectivity index (χ0v) is 17.7. The highest BCUT2D eigenvalue weighted by Crippen LogP contribution is 2.20. The Morgan fingerprint density at radius 3 is 2.31 bits per heavy atom. The summed E-state index contributed by atoms with van der Waals surface area (Å²) in [6, 6.07) is 4.27. The van der Waals surface area contributed by atoms with Crippen molar-refractivity contribution in [3.63, 3.8) is 0 Å². The van der Waals surface area contributed by atoms with Gasteiger partial charge in [-0.15, -0.1) is 0 Å². The van der Waals surface area contributed by atoms with Crippen molar-refractivity contribution in [2.75, 3.05) is 6.54 Å². The van der Waals surface area contributed by atoms with Gasteiger partial charge >= 0.3 is 11.9 Å². The topological polar surface area (TPSA) is 179 Å². The van der Waals surface area contributed by atoms with Crippen molar-refractivity contribution in [2.45, 2.75) is 56.8 Å². The third kappa shape index (κ3) is 6.77. The maximum Gasteiger partial charge on any atom is 0.326 e. The number of carboxylic acids is 2. The molecule has 0 aromatic heterocycles. The summed E-state index contributed by atoms with van der Waals surface area (Å²) in [6.07, 6.45) is 0.153. The normalized spacial score (nSPS) is 18.3. The molecule has 174 valence electrons. The molecule has 1 aromatic carbocycles. The molecular weight excluding hydrogens is 420 g/mol. The predicted octanol–water partition coefficient (Wildman–Crippen LogP) is -0.904. The summed E-state index contributed by atoms with van der Waals surface area (Å²) in [5, 5.41) is 23.4. The zero-order chi connectivity index (χ0) is 23.8. The van der Waals surface area contributed by atoms with Gasteiger partial charge in [0.05, 0.1) is 12.5 Å². The summed E-state index contributed by atoms with van der Waals surface area (Å²) in [5.74, 6) is -4.59. The SMILES string of the molecule is CC(N)C(=O)NC(CC(=O)O)C(=O)N1CCCC1C(=O)NC(Cc1ccccc1)C(=O)O. The summed E-state index contributed by atoms with van der Waals surface area (Å²) in [5.41, 5.74) is 6.21. The Kier molecular flexibility index (Phi) is 8.71. The molecule has 1 aliphatic heterocycles. The fraction of sp³-hybridized carbons (Fsp3) is 0.476. The first-order valence-electron chi connectivity index (χ1n) is 10.3. The van der Waals surface area contributed by atoms with Crippen LogP contribution < -0.4 is 16.4 Å². The molecule has 11 nitrogen and oxygen atoms in total. The largest absolute Gasteiger partial charge is 0.481 e. The monoisotopic (exact) mass is 448 g/mol. The van der Waals surface area contributed by atoms with Gasteiger partial charge in [-0.05, 0) is 25.3 Å². The smallest absolute Gasteiger partial charge is 0.326 e. The van der Waals surface area contributed by atoms with E-state index in [9.17, 15) is 29.1 Å². The number of aliphatic carboxylic acids is 2. The van der Waals surface area contributed by atoms with Crippen molar-refractivity contribution in [1.29, 1.82) is 0 Å². The van der Waals surface area contributed by atoms with Crippen LogP contribution in [-0.2, 0) is 30.4 Å². The third-order valence-corrected chi connectivity index (χ3v) is 5.14. The van der Waals surface area contributed by atoms with Crippen LogP contribution in [0.25, 0.3) is 0 Å². The number of likely N-dealkylation sites (tertiary alicyclic amines) is 1. The lowest BCUT2D eigenvalue weighted by Crippen LogP contribution is -2.57. The molecule has 1 aliphatic rings. The number of carboxylic acid groups (broad SMARTS) is 2. The fourth-order valence-corrected chi connectivity index (χ4v) is 3.50. The van der Waals surface area contributed by atoms with E-state index in [1.165, 1.54) is 11.8 Å². The molecule has 6 N–H and O–H groups in total. The molecule has 4 unspecified atom stereocenters. The van der Waals surface area contributed by atoms with Gasteiger partial charge in [0.25, 0.3) is 0 Å². The maximum atomic E-state index is 13.0. The van der Waals surface area contributed by atoms with Gasteiger partial charge in [-0.1, -0.05) is 30.3 Å². The van der Waals surface area contributed by atoms with Crippen molar-refractivity contribution in [1.82, 2.24) is 15.5 Å². The van der Waals surface area contributed by atoms with Crippen molar-refractivity contribution >= 4 is 29.7 Å². The summed E-state index contributed by atoms with van der Waals surface area (Å²) < 4.78 is 0. The van der Waals surface area contributed by atoms with Gasteiger partial charge in [-0.3, -0.25) is 19.2 Å². The van der Waals surface area contributed by atoms with E-state index in [0.29, 0.717) is 6.42 Å². The van der Waals surface area contributed by atoms with Crippen LogP contribution in [0.1, 0.15) is 31.7 Å². The average Bonchev–Trinajstić information content (AvgIpc) is 3.22. The van der Waals surface area contributed by atoms with Gasteiger partial charge in [0.2, 0.25) is 17.7 Å². The molecule has 32 heavy (non-hydrogen) atoms. The highest BCUT2D eigenvalue weighted by molar-refractivity contribution is 5.96. The van der Waals surface area contributed by atoms with Gasteiger partial charge in [-0.2, -0.15) is 0 Å². The Morgan fingerprint density at radius 2 is 1.75 bits per heavy atom. The van der Waals surface area contributed by atoms with Gasteiger partial charge < -0.3 is 31.5 Å². The highest BCUT2D eigenvalue weighted by atomic mass is 16.4. The van der Waals surface area contributed by atoms with Crippen molar-refractivity contribution in [2.24, 2.45) is 5.73 Å². The van der Waals surface area contributed by atoms with E-state index < -0.39 is 60.2 Å². The molecule has 1 saturated heterocycles. The van der Waals surface area contributed by atoms with E-state index in [4.69, 9.17) is 10.8 Å². The van der Waals surface area contributed by atoms with Gasteiger partial charge in [0, 0.05) is 13.0 Å². The molecule has 11 heteroatoms. The lowest BCUT2D eigenvalue weighted by atomic mass is 10.0. The van der Waals surface area contributed by atoms with Crippen molar-refractivity contribution in [3.05, 3.63) is 35.9 Å². The Balaban J connectivity index is 2.12. The molecular formula is C21H28N4O7. The number of carbonyl (C=O) groups excluding carboxylic acids is 3. The fourth-order valence-electron chi connectivity index (χ4n) is 3.50. The number of benzene rings is 1. The lowest BCUT2D eigenvalue weighted by molar-refractivity contribution is -0.147. The number of carbonyl (C=O) groups is 5. The summed E-state index contributed by atoms with van der Waals surface area (Å²) in [7, 11) is 0. The number of nitrogens with zero attached hydrogens (tertiary/aromatic N) is 1. The molecule has 0 spiro atoms. The van der Waals surface area contributed by atoms with E-state index in [2.05, 4.69) is 10.6 Å². The van der Waals surface area contributed by atoms with Crippen LogP contribution in [0.3, 0.4) is 0 Å². The van der Waals surface area contributed by atoms with Gasteiger partial charge in [0.1, 0.15) is 18.1 Å². The molecule has 1 fully saturated rings. The molecule has 0 bridgehead atoms. The molecule has 0 saturated carbocycles. The Hall–Kier alpha value is -3.47.